The summed E-state index contributed by atoms with van der Waals surface area (Å²) in [5, 5.41) is 2.82. The molecule has 0 heterocycles. The predicted molar refractivity (Wildman–Crippen MR) is 80.0 cm³/mol. The van der Waals surface area contributed by atoms with Gasteiger partial charge in [-0.2, -0.15) is 0 Å². The highest BCUT2D eigenvalue weighted by Crippen LogP contribution is 2.22. The normalized spacial score (nSPS) is 10.2. The van der Waals surface area contributed by atoms with Crippen LogP contribution in [0.15, 0.2) is 36.4 Å². The zero-order valence-electron chi connectivity index (χ0n) is 12.2. The lowest BCUT2D eigenvalue weighted by molar-refractivity contribution is 0.0601. The standard InChI is InChI=1S/C16H14F2N2O3/c1-23-16(22)11-6-12(17)13(18)7-14(11)20-8-9-3-2-4-10(5-9)15(19)21/h2-7,20H,8H2,1H3,(H2,19,21). The Balaban J connectivity index is 2.26. The Hall–Kier alpha value is -2.96. The topological polar surface area (TPSA) is 81.4 Å². The van der Waals surface area contributed by atoms with E-state index in [0.29, 0.717) is 11.1 Å². The number of rotatable bonds is 5. The molecule has 5 nitrogen and oxygen atoms in total. The van der Waals surface area contributed by atoms with Crippen molar-refractivity contribution in [1.29, 1.82) is 0 Å². The predicted octanol–water partition coefficient (Wildman–Crippen LogP) is 2.46. The number of anilines is 1. The first kappa shape index (κ1) is 16.4. The lowest BCUT2D eigenvalue weighted by Gasteiger charge is -2.12. The van der Waals surface area contributed by atoms with E-state index >= 15 is 0 Å². The second kappa shape index (κ2) is 6.87. The largest absolute Gasteiger partial charge is 0.465 e. The number of nitrogens with one attached hydrogen (secondary N) is 1. The van der Waals surface area contributed by atoms with Gasteiger partial charge in [-0.05, 0) is 23.8 Å². The van der Waals surface area contributed by atoms with E-state index in [9.17, 15) is 18.4 Å². The molecule has 0 bridgehead atoms. The number of carbonyl (C=O) groups excluding carboxylic acids is 2. The highest BCUT2D eigenvalue weighted by molar-refractivity contribution is 5.95. The molecule has 7 heteroatoms. The molecular weight excluding hydrogens is 306 g/mol. The molecule has 0 aromatic heterocycles. The van der Waals surface area contributed by atoms with Gasteiger partial charge in [-0.25, -0.2) is 13.6 Å². The van der Waals surface area contributed by atoms with E-state index in [0.717, 1.165) is 19.2 Å². The minimum absolute atomic E-state index is 0.0835. The Labute approximate surface area is 131 Å². The van der Waals surface area contributed by atoms with Crippen molar-refractivity contribution in [2.24, 2.45) is 5.73 Å². The Bertz CT molecular complexity index is 763. The zero-order valence-corrected chi connectivity index (χ0v) is 12.2. The lowest BCUT2D eigenvalue weighted by atomic mass is 10.1. The van der Waals surface area contributed by atoms with E-state index in [4.69, 9.17) is 5.73 Å². The van der Waals surface area contributed by atoms with Crippen LogP contribution in [0.2, 0.25) is 0 Å². The molecule has 0 radical (unpaired) electrons. The van der Waals surface area contributed by atoms with Gasteiger partial charge in [0, 0.05) is 18.2 Å². The van der Waals surface area contributed by atoms with Crippen LogP contribution in [0.1, 0.15) is 26.3 Å². The van der Waals surface area contributed by atoms with Crippen molar-refractivity contribution in [2.45, 2.75) is 6.54 Å². The Morgan fingerprint density at radius 2 is 1.87 bits per heavy atom. The number of nitrogens with two attached hydrogens (primary N) is 1. The van der Waals surface area contributed by atoms with Crippen molar-refractivity contribution in [3.63, 3.8) is 0 Å². The second-order valence-electron chi connectivity index (χ2n) is 4.72. The SMILES string of the molecule is COC(=O)c1cc(F)c(F)cc1NCc1cccc(C(N)=O)c1. The Morgan fingerprint density at radius 1 is 1.17 bits per heavy atom. The average Bonchev–Trinajstić information content (AvgIpc) is 2.55. The number of amides is 1. The van der Waals surface area contributed by atoms with E-state index in [-0.39, 0.29) is 17.8 Å². The second-order valence-corrected chi connectivity index (χ2v) is 4.72. The third-order valence-electron chi connectivity index (χ3n) is 3.16. The molecule has 0 aliphatic carbocycles. The molecule has 0 saturated carbocycles. The summed E-state index contributed by atoms with van der Waals surface area (Å²) in [4.78, 5) is 22.8. The van der Waals surface area contributed by atoms with Crippen LogP contribution in [0.25, 0.3) is 0 Å². The van der Waals surface area contributed by atoms with E-state index in [1.165, 1.54) is 0 Å². The number of hydrogen-bond donors (Lipinski definition) is 2. The van der Waals surface area contributed by atoms with Gasteiger partial charge in [0.05, 0.1) is 18.4 Å². The molecule has 2 rings (SSSR count). The molecule has 0 spiro atoms. The molecule has 0 aliphatic heterocycles. The van der Waals surface area contributed by atoms with E-state index in [1.54, 1.807) is 24.3 Å². The van der Waals surface area contributed by atoms with E-state index in [1.807, 2.05) is 0 Å². The number of methoxy groups -OCH3 is 1. The average molecular weight is 320 g/mol. The summed E-state index contributed by atoms with van der Waals surface area (Å²) in [6.07, 6.45) is 0. The van der Waals surface area contributed by atoms with E-state index in [2.05, 4.69) is 10.1 Å². The maximum absolute atomic E-state index is 13.4. The van der Waals surface area contributed by atoms with Crippen molar-refractivity contribution in [2.75, 3.05) is 12.4 Å². The summed E-state index contributed by atoms with van der Waals surface area (Å²) >= 11 is 0. The molecule has 0 unspecified atom stereocenters. The molecule has 0 saturated heterocycles. The quantitative estimate of drug-likeness (QED) is 0.829. The molecule has 120 valence electrons. The fourth-order valence-electron chi connectivity index (χ4n) is 2.00. The number of carbonyl (C=O) groups is 2. The van der Waals surface area contributed by atoms with Crippen LogP contribution in [0.3, 0.4) is 0 Å². The number of benzene rings is 2. The fraction of sp³-hybridized carbons (Fsp3) is 0.125. The van der Waals surface area contributed by atoms with Gasteiger partial charge < -0.3 is 15.8 Å². The van der Waals surface area contributed by atoms with Gasteiger partial charge in [0.25, 0.3) is 0 Å². The van der Waals surface area contributed by atoms with Gasteiger partial charge in [0.1, 0.15) is 0 Å². The molecular formula is C16H14F2N2O3. The summed E-state index contributed by atoms with van der Waals surface area (Å²) in [7, 11) is 1.14. The van der Waals surface area contributed by atoms with Crippen molar-refractivity contribution in [3.05, 3.63) is 64.7 Å². The first-order valence-corrected chi connectivity index (χ1v) is 6.62. The van der Waals surface area contributed by atoms with Gasteiger partial charge >= 0.3 is 5.97 Å². The van der Waals surface area contributed by atoms with Crippen LogP contribution < -0.4 is 11.1 Å². The molecule has 2 aromatic rings. The fourth-order valence-corrected chi connectivity index (χ4v) is 2.00. The Kier molecular flexibility index (Phi) is 4.90. The Morgan fingerprint density at radius 3 is 2.52 bits per heavy atom. The van der Waals surface area contributed by atoms with Crippen LogP contribution >= 0.6 is 0 Å². The van der Waals surface area contributed by atoms with Crippen molar-refractivity contribution < 1.29 is 23.1 Å². The minimum Gasteiger partial charge on any atom is -0.465 e. The maximum Gasteiger partial charge on any atom is 0.340 e. The van der Waals surface area contributed by atoms with Crippen LogP contribution in [0.4, 0.5) is 14.5 Å². The van der Waals surface area contributed by atoms with Gasteiger partial charge in [-0.15, -0.1) is 0 Å². The summed E-state index contributed by atoms with van der Waals surface area (Å²) in [5.74, 6) is -3.61. The van der Waals surface area contributed by atoms with Gasteiger partial charge in [0.15, 0.2) is 11.6 Å². The van der Waals surface area contributed by atoms with Crippen molar-refractivity contribution in [1.82, 2.24) is 0 Å². The van der Waals surface area contributed by atoms with Gasteiger partial charge in [-0.1, -0.05) is 12.1 Å². The molecule has 2 aromatic carbocycles. The van der Waals surface area contributed by atoms with Gasteiger partial charge in [0.2, 0.25) is 5.91 Å². The summed E-state index contributed by atoms with van der Waals surface area (Å²) in [5.41, 5.74) is 6.16. The molecule has 0 atom stereocenters. The van der Waals surface area contributed by atoms with Crippen molar-refractivity contribution >= 4 is 17.6 Å². The first-order chi connectivity index (χ1) is 10.9. The number of primary amides is 1. The smallest absolute Gasteiger partial charge is 0.340 e. The summed E-state index contributed by atoms with van der Waals surface area (Å²) in [6.45, 7) is 0.177. The molecule has 0 fully saturated rings. The lowest BCUT2D eigenvalue weighted by Crippen LogP contribution is -2.12. The third kappa shape index (κ3) is 3.82. The maximum atomic E-state index is 13.4. The first-order valence-electron chi connectivity index (χ1n) is 6.62. The number of ether oxygens (including phenoxy) is 1. The monoisotopic (exact) mass is 320 g/mol. The zero-order chi connectivity index (χ0) is 17.0. The van der Waals surface area contributed by atoms with Crippen LogP contribution in [0.5, 0.6) is 0 Å². The third-order valence-corrected chi connectivity index (χ3v) is 3.16. The van der Waals surface area contributed by atoms with E-state index < -0.39 is 23.5 Å². The van der Waals surface area contributed by atoms with Crippen LogP contribution in [-0.4, -0.2) is 19.0 Å². The summed E-state index contributed by atoms with van der Waals surface area (Å²) in [6, 6.07) is 8.12. The number of hydrogen-bond acceptors (Lipinski definition) is 4. The molecule has 3 N–H and O–H groups in total. The van der Waals surface area contributed by atoms with Crippen LogP contribution in [-0.2, 0) is 11.3 Å². The number of halogens is 2. The van der Waals surface area contributed by atoms with Crippen molar-refractivity contribution in [3.8, 4) is 0 Å². The molecule has 0 aliphatic rings. The van der Waals surface area contributed by atoms with Crippen LogP contribution in [0, 0.1) is 11.6 Å². The molecule has 23 heavy (non-hydrogen) atoms. The highest BCUT2D eigenvalue weighted by atomic mass is 19.2. The molecule has 1 amide bonds. The minimum atomic E-state index is -1.15. The summed E-state index contributed by atoms with van der Waals surface area (Å²) < 4.78 is 31.2. The van der Waals surface area contributed by atoms with Gasteiger partial charge in [-0.3, -0.25) is 4.79 Å². The highest BCUT2D eigenvalue weighted by Gasteiger charge is 2.16. The number of esters is 1.